The summed E-state index contributed by atoms with van der Waals surface area (Å²) in [5.74, 6) is -4.21. The lowest BCUT2D eigenvalue weighted by Gasteiger charge is -2.11. The average Bonchev–Trinajstić information content (AvgIpc) is 2.40. The SMILES string of the molecule is O=C(O)c1ccc(F)c(F)c1-c1ccc(C(F)(F)F)cc1. The molecule has 2 nitrogen and oxygen atoms in total. The summed E-state index contributed by atoms with van der Waals surface area (Å²) in [6, 6.07) is 4.64. The summed E-state index contributed by atoms with van der Waals surface area (Å²) in [5, 5.41) is 8.96. The van der Waals surface area contributed by atoms with Gasteiger partial charge >= 0.3 is 12.1 Å². The minimum absolute atomic E-state index is 0.155. The van der Waals surface area contributed by atoms with Crippen molar-refractivity contribution in [2.45, 2.75) is 6.18 Å². The molecule has 0 saturated heterocycles. The summed E-state index contributed by atoms with van der Waals surface area (Å²) in [5.41, 5.74) is -2.25. The number of carboxylic acids is 1. The molecule has 110 valence electrons. The van der Waals surface area contributed by atoms with E-state index in [4.69, 9.17) is 5.11 Å². The third-order valence-electron chi connectivity index (χ3n) is 2.83. The first-order chi connectivity index (χ1) is 9.71. The highest BCUT2D eigenvalue weighted by Gasteiger charge is 2.30. The molecule has 21 heavy (non-hydrogen) atoms. The van der Waals surface area contributed by atoms with E-state index in [9.17, 15) is 26.7 Å². The van der Waals surface area contributed by atoms with Gasteiger partial charge in [-0.2, -0.15) is 13.2 Å². The highest BCUT2D eigenvalue weighted by atomic mass is 19.4. The Morgan fingerprint density at radius 1 is 0.952 bits per heavy atom. The van der Waals surface area contributed by atoms with Gasteiger partial charge in [-0.25, -0.2) is 13.6 Å². The van der Waals surface area contributed by atoms with E-state index < -0.39 is 40.5 Å². The fourth-order valence-electron chi connectivity index (χ4n) is 1.84. The lowest BCUT2D eigenvalue weighted by Crippen LogP contribution is -2.06. The van der Waals surface area contributed by atoms with Gasteiger partial charge in [0.25, 0.3) is 0 Å². The van der Waals surface area contributed by atoms with Crippen LogP contribution in [0.25, 0.3) is 11.1 Å². The Balaban J connectivity index is 2.61. The Hall–Kier alpha value is -2.44. The standard InChI is InChI=1S/C14H7F5O2/c15-10-6-5-9(13(20)21)11(12(10)16)7-1-3-8(4-2-7)14(17,18)19/h1-6H,(H,20,21). The maximum atomic E-state index is 13.8. The van der Waals surface area contributed by atoms with Gasteiger partial charge in [0.05, 0.1) is 11.1 Å². The first-order valence-corrected chi connectivity index (χ1v) is 5.60. The van der Waals surface area contributed by atoms with Gasteiger partial charge in [-0.05, 0) is 29.8 Å². The number of carboxylic acid groups (broad SMARTS) is 1. The average molecular weight is 302 g/mol. The number of carbonyl (C=O) groups is 1. The summed E-state index contributed by atoms with van der Waals surface area (Å²) in [6.45, 7) is 0. The third-order valence-corrected chi connectivity index (χ3v) is 2.83. The van der Waals surface area contributed by atoms with Gasteiger partial charge in [0.2, 0.25) is 0 Å². The molecule has 0 radical (unpaired) electrons. The number of aromatic carboxylic acids is 1. The third kappa shape index (κ3) is 2.86. The minimum Gasteiger partial charge on any atom is -0.478 e. The minimum atomic E-state index is -4.57. The van der Waals surface area contributed by atoms with Crippen molar-refractivity contribution in [3.05, 3.63) is 59.2 Å². The summed E-state index contributed by atoms with van der Waals surface area (Å²) in [7, 11) is 0. The number of benzene rings is 2. The Morgan fingerprint density at radius 3 is 2.00 bits per heavy atom. The summed E-state index contributed by atoms with van der Waals surface area (Å²) in [4.78, 5) is 11.0. The van der Waals surface area contributed by atoms with E-state index >= 15 is 0 Å². The zero-order chi connectivity index (χ0) is 15.8. The van der Waals surface area contributed by atoms with E-state index in [-0.39, 0.29) is 5.56 Å². The molecule has 0 saturated carbocycles. The van der Waals surface area contributed by atoms with Gasteiger partial charge in [0.1, 0.15) is 0 Å². The van der Waals surface area contributed by atoms with Crippen LogP contribution in [0.5, 0.6) is 0 Å². The van der Waals surface area contributed by atoms with E-state index in [0.29, 0.717) is 18.2 Å². The second-order valence-electron chi connectivity index (χ2n) is 4.16. The van der Waals surface area contributed by atoms with E-state index in [1.807, 2.05) is 0 Å². The molecule has 0 spiro atoms. The fourth-order valence-corrected chi connectivity index (χ4v) is 1.84. The molecule has 0 atom stereocenters. The Labute approximate surface area is 115 Å². The van der Waals surface area contributed by atoms with Crippen LogP contribution < -0.4 is 0 Å². The van der Waals surface area contributed by atoms with Gasteiger partial charge < -0.3 is 5.11 Å². The van der Waals surface area contributed by atoms with E-state index in [2.05, 4.69) is 0 Å². The maximum Gasteiger partial charge on any atom is 0.416 e. The highest BCUT2D eigenvalue weighted by Crippen LogP contribution is 2.33. The molecule has 0 heterocycles. The fraction of sp³-hybridized carbons (Fsp3) is 0.0714. The Kier molecular flexibility index (Phi) is 3.67. The van der Waals surface area contributed by atoms with Gasteiger partial charge in [0, 0.05) is 5.56 Å². The first kappa shape index (κ1) is 15.0. The van der Waals surface area contributed by atoms with Crippen LogP contribution in [-0.2, 0) is 6.18 Å². The van der Waals surface area contributed by atoms with Crippen molar-refractivity contribution >= 4 is 5.97 Å². The Morgan fingerprint density at radius 2 is 1.52 bits per heavy atom. The molecular weight excluding hydrogens is 295 g/mol. The van der Waals surface area contributed by atoms with E-state index in [1.54, 1.807) is 0 Å². The van der Waals surface area contributed by atoms with E-state index in [0.717, 1.165) is 18.2 Å². The van der Waals surface area contributed by atoms with Crippen LogP contribution in [-0.4, -0.2) is 11.1 Å². The molecule has 2 aromatic rings. The van der Waals surface area contributed by atoms with Crippen molar-refractivity contribution < 1.29 is 31.9 Å². The normalized spacial score (nSPS) is 11.5. The number of alkyl halides is 3. The summed E-state index contributed by atoms with van der Waals surface area (Å²) < 4.78 is 64.3. The van der Waals surface area contributed by atoms with Crippen LogP contribution in [0.1, 0.15) is 15.9 Å². The second-order valence-corrected chi connectivity index (χ2v) is 4.16. The predicted molar refractivity (Wildman–Crippen MR) is 63.8 cm³/mol. The lowest BCUT2D eigenvalue weighted by atomic mass is 9.97. The molecule has 1 N–H and O–H groups in total. The number of hydrogen-bond donors (Lipinski definition) is 1. The molecule has 7 heteroatoms. The highest BCUT2D eigenvalue weighted by molar-refractivity contribution is 5.96. The Bertz CT molecular complexity index is 690. The summed E-state index contributed by atoms with van der Waals surface area (Å²) in [6.07, 6.45) is -4.57. The van der Waals surface area contributed by atoms with Crippen molar-refractivity contribution in [1.82, 2.24) is 0 Å². The van der Waals surface area contributed by atoms with Crippen molar-refractivity contribution in [1.29, 1.82) is 0 Å². The maximum absolute atomic E-state index is 13.8. The van der Waals surface area contributed by atoms with Gasteiger partial charge in [0.15, 0.2) is 11.6 Å². The zero-order valence-corrected chi connectivity index (χ0v) is 10.2. The van der Waals surface area contributed by atoms with Crippen molar-refractivity contribution in [2.24, 2.45) is 0 Å². The molecule has 0 fully saturated rings. The van der Waals surface area contributed by atoms with Crippen molar-refractivity contribution in [3.63, 3.8) is 0 Å². The molecule has 0 bridgehead atoms. The van der Waals surface area contributed by atoms with Crippen LogP contribution >= 0.6 is 0 Å². The van der Waals surface area contributed by atoms with Gasteiger partial charge in [-0.15, -0.1) is 0 Å². The number of hydrogen-bond acceptors (Lipinski definition) is 1. The van der Waals surface area contributed by atoms with Crippen molar-refractivity contribution in [2.75, 3.05) is 0 Å². The second kappa shape index (κ2) is 5.16. The van der Waals surface area contributed by atoms with Crippen LogP contribution in [0.4, 0.5) is 22.0 Å². The first-order valence-electron chi connectivity index (χ1n) is 5.60. The van der Waals surface area contributed by atoms with E-state index in [1.165, 1.54) is 0 Å². The molecule has 0 aromatic heterocycles. The molecule has 0 aliphatic heterocycles. The van der Waals surface area contributed by atoms with Crippen LogP contribution in [0, 0.1) is 11.6 Å². The molecule has 0 amide bonds. The van der Waals surface area contributed by atoms with Crippen LogP contribution in [0.3, 0.4) is 0 Å². The molecule has 0 aliphatic rings. The molecule has 0 aliphatic carbocycles. The number of halogens is 5. The molecular formula is C14H7F5O2. The van der Waals surface area contributed by atoms with Crippen LogP contribution in [0.15, 0.2) is 36.4 Å². The largest absolute Gasteiger partial charge is 0.478 e. The number of rotatable bonds is 2. The quantitative estimate of drug-likeness (QED) is 0.837. The monoisotopic (exact) mass is 302 g/mol. The molecule has 2 aromatic carbocycles. The summed E-state index contributed by atoms with van der Waals surface area (Å²) >= 11 is 0. The molecule has 2 rings (SSSR count). The topological polar surface area (TPSA) is 37.3 Å². The molecule has 0 unspecified atom stereocenters. The van der Waals surface area contributed by atoms with Crippen molar-refractivity contribution in [3.8, 4) is 11.1 Å². The predicted octanol–water partition coefficient (Wildman–Crippen LogP) is 4.35. The smallest absolute Gasteiger partial charge is 0.416 e. The van der Waals surface area contributed by atoms with Gasteiger partial charge in [-0.1, -0.05) is 12.1 Å². The lowest BCUT2D eigenvalue weighted by molar-refractivity contribution is -0.137. The zero-order valence-electron chi connectivity index (χ0n) is 10.2. The van der Waals surface area contributed by atoms with Crippen LogP contribution in [0.2, 0.25) is 0 Å². The van der Waals surface area contributed by atoms with Gasteiger partial charge in [-0.3, -0.25) is 0 Å².